The summed E-state index contributed by atoms with van der Waals surface area (Å²) in [6.45, 7) is 0.733. The van der Waals surface area contributed by atoms with E-state index in [2.05, 4.69) is 5.32 Å². The maximum absolute atomic E-state index is 13.2. The first-order chi connectivity index (χ1) is 14.4. The third kappa shape index (κ3) is 3.62. The van der Waals surface area contributed by atoms with E-state index in [4.69, 9.17) is 16.9 Å². The summed E-state index contributed by atoms with van der Waals surface area (Å²) < 4.78 is 0. The normalized spacial score (nSPS) is 20.9. The predicted octanol–water partition coefficient (Wildman–Crippen LogP) is 2.94. The van der Waals surface area contributed by atoms with Gasteiger partial charge in [0.2, 0.25) is 0 Å². The Balaban J connectivity index is 1.52. The van der Waals surface area contributed by atoms with E-state index in [1.54, 1.807) is 53.4 Å². The third-order valence-electron chi connectivity index (χ3n) is 5.52. The molecular formula is C22H19ClN4O3. The van der Waals surface area contributed by atoms with Gasteiger partial charge in [0.05, 0.1) is 24.7 Å². The zero-order valence-electron chi connectivity index (χ0n) is 16.1. The fourth-order valence-corrected chi connectivity index (χ4v) is 4.23. The van der Waals surface area contributed by atoms with Crippen molar-refractivity contribution in [3.63, 3.8) is 0 Å². The number of rotatable bonds is 3. The molecule has 0 radical (unpaired) electrons. The molecule has 1 atom stereocenters. The summed E-state index contributed by atoms with van der Waals surface area (Å²) in [4.78, 5) is 41.5. The van der Waals surface area contributed by atoms with Crippen LogP contribution in [0.3, 0.4) is 0 Å². The lowest BCUT2D eigenvalue weighted by Gasteiger charge is -2.38. The number of carbonyl (C=O) groups is 3. The summed E-state index contributed by atoms with van der Waals surface area (Å²) in [7, 11) is 0. The van der Waals surface area contributed by atoms with Crippen LogP contribution in [0.1, 0.15) is 34.3 Å². The van der Waals surface area contributed by atoms with Crippen LogP contribution in [0.25, 0.3) is 0 Å². The van der Waals surface area contributed by atoms with E-state index in [-0.39, 0.29) is 24.9 Å². The number of hydrogen-bond acceptors (Lipinski definition) is 4. The monoisotopic (exact) mass is 422 g/mol. The fraction of sp³-hybridized carbons (Fsp3) is 0.273. The van der Waals surface area contributed by atoms with Crippen LogP contribution < -0.4 is 5.32 Å². The first-order valence-electron chi connectivity index (χ1n) is 9.60. The molecule has 0 aromatic heterocycles. The summed E-state index contributed by atoms with van der Waals surface area (Å²) in [5, 5.41) is 12.3. The van der Waals surface area contributed by atoms with Gasteiger partial charge >= 0.3 is 6.03 Å². The van der Waals surface area contributed by atoms with Crippen LogP contribution in [0.2, 0.25) is 5.02 Å². The smallest absolute Gasteiger partial charge is 0.325 e. The number of nitrogens with one attached hydrogen (secondary N) is 1. The lowest BCUT2D eigenvalue weighted by atomic mass is 9.88. The van der Waals surface area contributed by atoms with Crippen LogP contribution >= 0.6 is 11.6 Å². The second-order valence-electron chi connectivity index (χ2n) is 7.55. The quantitative estimate of drug-likeness (QED) is 0.769. The molecule has 0 saturated carbocycles. The molecule has 8 heteroatoms. The Kier molecular flexibility index (Phi) is 5.18. The van der Waals surface area contributed by atoms with E-state index in [0.29, 0.717) is 35.5 Å². The van der Waals surface area contributed by atoms with Crippen LogP contribution in [0.5, 0.6) is 0 Å². The van der Waals surface area contributed by atoms with Crippen molar-refractivity contribution in [2.24, 2.45) is 0 Å². The third-order valence-corrected chi connectivity index (χ3v) is 5.75. The number of piperidine rings is 1. The summed E-state index contributed by atoms with van der Waals surface area (Å²) in [5.74, 6) is -0.557. The Labute approximate surface area is 178 Å². The van der Waals surface area contributed by atoms with Crippen molar-refractivity contribution in [2.75, 3.05) is 13.1 Å². The molecule has 2 aromatic rings. The predicted molar refractivity (Wildman–Crippen MR) is 110 cm³/mol. The van der Waals surface area contributed by atoms with Crippen molar-refractivity contribution in [1.82, 2.24) is 15.1 Å². The summed E-state index contributed by atoms with van der Waals surface area (Å²) >= 11 is 6.01. The molecule has 2 aliphatic heterocycles. The topological polar surface area (TPSA) is 93.5 Å². The highest BCUT2D eigenvalue weighted by molar-refractivity contribution is 6.30. The van der Waals surface area contributed by atoms with E-state index >= 15 is 0 Å². The molecule has 0 bridgehead atoms. The number of imide groups is 1. The van der Waals surface area contributed by atoms with Gasteiger partial charge in [0, 0.05) is 17.1 Å². The van der Waals surface area contributed by atoms with Crippen molar-refractivity contribution in [3.8, 4) is 6.07 Å². The Bertz CT molecular complexity index is 1060. The average Bonchev–Trinajstić information content (AvgIpc) is 2.97. The molecule has 0 aliphatic carbocycles. The molecule has 30 heavy (non-hydrogen) atoms. The zero-order valence-corrected chi connectivity index (χ0v) is 16.9. The van der Waals surface area contributed by atoms with Crippen LogP contribution in [-0.4, -0.2) is 46.3 Å². The summed E-state index contributed by atoms with van der Waals surface area (Å²) in [5.41, 5.74) is 0.551. The molecule has 2 aliphatic rings. The van der Waals surface area contributed by atoms with Crippen molar-refractivity contribution in [3.05, 3.63) is 70.2 Å². The molecule has 2 heterocycles. The molecular weight excluding hydrogens is 404 g/mol. The Hall–Kier alpha value is -3.37. The first-order valence-corrected chi connectivity index (χ1v) is 9.98. The number of likely N-dealkylation sites (tertiary alicyclic amines) is 1. The van der Waals surface area contributed by atoms with Crippen LogP contribution in [0.4, 0.5) is 4.79 Å². The Morgan fingerprint density at radius 3 is 2.67 bits per heavy atom. The highest BCUT2D eigenvalue weighted by Crippen LogP contribution is 2.30. The Morgan fingerprint density at radius 1 is 1.20 bits per heavy atom. The van der Waals surface area contributed by atoms with Gasteiger partial charge in [0.1, 0.15) is 5.54 Å². The van der Waals surface area contributed by atoms with Gasteiger partial charge in [-0.3, -0.25) is 14.5 Å². The summed E-state index contributed by atoms with van der Waals surface area (Å²) in [6, 6.07) is 14.9. The maximum Gasteiger partial charge on any atom is 0.325 e. The number of hydrogen-bond donors (Lipinski definition) is 1. The van der Waals surface area contributed by atoms with E-state index in [1.165, 1.54) is 4.90 Å². The Morgan fingerprint density at radius 2 is 1.97 bits per heavy atom. The molecule has 2 fully saturated rings. The van der Waals surface area contributed by atoms with Gasteiger partial charge in [0.15, 0.2) is 0 Å². The van der Waals surface area contributed by atoms with Gasteiger partial charge in [-0.1, -0.05) is 23.7 Å². The van der Waals surface area contributed by atoms with Crippen molar-refractivity contribution in [1.29, 1.82) is 5.26 Å². The van der Waals surface area contributed by atoms with Crippen molar-refractivity contribution >= 4 is 29.4 Å². The highest BCUT2D eigenvalue weighted by Gasteiger charge is 2.53. The number of urea groups is 1. The van der Waals surface area contributed by atoms with Crippen molar-refractivity contribution in [2.45, 2.75) is 24.9 Å². The second kappa shape index (κ2) is 7.81. The highest BCUT2D eigenvalue weighted by atomic mass is 35.5. The van der Waals surface area contributed by atoms with Gasteiger partial charge in [0.25, 0.3) is 11.8 Å². The van der Waals surface area contributed by atoms with Gasteiger partial charge in [-0.25, -0.2) is 4.79 Å². The maximum atomic E-state index is 13.2. The fourth-order valence-electron chi connectivity index (χ4n) is 4.01. The number of nitriles is 1. The number of amides is 4. The molecule has 1 spiro atoms. The van der Waals surface area contributed by atoms with E-state index in [9.17, 15) is 14.4 Å². The van der Waals surface area contributed by atoms with Crippen LogP contribution in [-0.2, 0) is 11.3 Å². The lowest BCUT2D eigenvalue weighted by molar-refractivity contribution is -0.133. The van der Waals surface area contributed by atoms with Gasteiger partial charge in [-0.15, -0.1) is 0 Å². The largest absolute Gasteiger partial charge is 0.336 e. The number of halogens is 1. The molecule has 0 unspecified atom stereocenters. The number of carbonyl (C=O) groups excluding carboxylic acids is 3. The van der Waals surface area contributed by atoms with Crippen LogP contribution in [0, 0.1) is 11.3 Å². The average molecular weight is 423 g/mol. The number of benzene rings is 2. The minimum atomic E-state index is -1.11. The minimum absolute atomic E-state index is 0.114. The van der Waals surface area contributed by atoms with E-state index in [1.807, 2.05) is 6.07 Å². The van der Waals surface area contributed by atoms with Crippen LogP contribution in [0.15, 0.2) is 48.5 Å². The molecule has 2 saturated heterocycles. The van der Waals surface area contributed by atoms with Crippen molar-refractivity contribution < 1.29 is 14.4 Å². The molecule has 2 aromatic carbocycles. The first kappa shape index (κ1) is 19.9. The lowest BCUT2D eigenvalue weighted by Crippen LogP contribution is -2.59. The molecule has 4 amide bonds. The number of nitrogens with zero attached hydrogens (tertiary/aromatic N) is 3. The molecule has 152 valence electrons. The molecule has 7 nitrogen and oxygen atoms in total. The van der Waals surface area contributed by atoms with E-state index < -0.39 is 11.6 Å². The molecule has 1 N–H and O–H groups in total. The minimum Gasteiger partial charge on any atom is -0.336 e. The molecule has 4 rings (SSSR count). The van der Waals surface area contributed by atoms with Gasteiger partial charge < -0.3 is 10.2 Å². The zero-order chi connectivity index (χ0) is 21.3. The second-order valence-corrected chi connectivity index (χ2v) is 7.99. The van der Waals surface area contributed by atoms with Gasteiger partial charge in [-0.2, -0.15) is 5.26 Å². The van der Waals surface area contributed by atoms with E-state index in [0.717, 1.165) is 5.56 Å². The summed E-state index contributed by atoms with van der Waals surface area (Å²) in [6.07, 6.45) is 1.07. The SMILES string of the molecule is N#Cc1ccc(C(=O)N2CCC[C@@]3(C2)NC(=O)N(Cc2cccc(Cl)c2)C3=O)cc1. The van der Waals surface area contributed by atoms with Gasteiger partial charge in [-0.05, 0) is 54.8 Å². The standard InChI is InChI=1S/C22H19ClN4O3/c23-18-4-1-3-16(11-18)13-27-20(29)22(25-21(27)30)9-2-10-26(14-22)19(28)17-7-5-15(12-24)6-8-17/h1,3-8,11H,2,9-10,13-14H2,(H,25,30)/t22-/m0/s1.